The van der Waals surface area contributed by atoms with Gasteiger partial charge in [-0.3, -0.25) is 24.6 Å². The summed E-state index contributed by atoms with van der Waals surface area (Å²) in [5.41, 5.74) is 8.29. The normalized spacial score (nSPS) is 18.4. The summed E-state index contributed by atoms with van der Waals surface area (Å²) in [5.74, 6) is 1.15. The van der Waals surface area contributed by atoms with Gasteiger partial charge in [-0.15, -0.1) is 0 Å². The number of nitrogens with zero attached hydrogens (tertiary/aromatic N) is 8. The molecule has 0 saturated carbocycles. The highest BCUT2D eigenvalue weighted by molar-refractivity contribution is 6.01. The molecule has 332 valence electrons. The maximum absolute atomic E-state index is 12.9. The molecule has 3 N–H and O–H groups in total. The van der Waals surface area contributed by atoms with Crippen molar-refractivity contribution in [3.05, 3.63) is 102 Å². The first-order chi connectivity index (χ1) is 30.9. The Morgan fingerprint density at radius 2 is 1.66 bits per heavy atom. The van der Waals surface area contributed by atoms with Gasteiger partial charge in [0.1, 0.15) is 17.8 Å². The molecule has 3 amide bonds. The fourth-order valence-corrected chi connectivity index (χ4v) is 9.30. The first-order valence-electron chi connectivity index (χ1n) is 22.6. The summed E-state index contributed by atoms with van der Waals surface area (Å²) in [5, 5.41) is 10.4. The largest absolute Gasteiger partial charge is 0.372 e. The summed E-state index contributed by atoms with van der Waals surface area (Å²) in [7, 11) is 0. The quantitative estimate of drug-likeness (QED) is 0.113. The van der Waals surface area contributed by atoms with Crippen molar-refractivity contribution >= 4 is 40.3 Å². The number of carbonyl (C=O) groups is 3. The van der Waals surface area contributed by atoms with E-state index in [1.807, 2.05) is 52.9 Å². The highest BCUT2D eigenvalue weighted by atomic mass is 16.5. The zero-order valence-electron chi connectivity index (χ0n) is 37.4. The molecule has 0 radical (unpaired) electrons. The molecule has 0 bridgehead atoms. The van der Waals surface area contributed by atoms with Crippen molar-refractivity contribution in [3.8, 4) is 22.5 Å². The molecule has 3 aliphatic heterocycles. The lowest BCUT2D eigenvalue weighted by atomic mass is 9.90. The van der Waals surface area contributed by atoms with E-state index in [0.29, 0.717) is 18.7 Å². The van der Waals surface area contributed by atoms with Gasteiger partial charge < -0.3 is 24.6 Å². The third kappa shape index (κ3) is 9.26. The van der Waals surface area contributed by atoms with Crippen LogP contribution in [0, 0.1) is 12.8 Å². The highest BCUT2D eigenvalue weighted by Gasteiger charge is 2.29. The van der Waals surface area contributed by atoms with Crippen molar-refractivity contribution in [1.29, 1.82) is 0 Å². The van der Waals surface area contributed by atoms with Crippen molar-refractivity contribution in [2.45, 2.75) is 84.1 Å². The average molecular weight is 864 g/mol. The van der Waals surface area contributed by atoms with Gasteiger partial charge in [-0.25, -0.2) is 15.0 Å². The van der Waals surface area contributed by atoms with Crippen molar-refractivity contribution in [1.82, 2.24) is 45.6 Å². The number of piperazine rings is 1. The number of aryl methyl sites for hydroxylation is 1. The zero-order chi connectivity index (χ0) is 44.5. The second kappa shape index (κ2) is 17.9. The van der Waals surface area contributed by atoms with Gasteiger partial charge in [-0.1, -0.05) is 50.2 Å². The number of fused-ring (bicyclic) bond motifs is 1. The Hall–Kier alpha value is -6.48. The highest BCUT2D eigenvalue weighted by Crippen LogP contribution is 2.33. The predicted molar refractivity (Wildman–Crippen MR) is 246 cm³/mol. The minimum Gasteiger partial charge on any atom is -0.372 e. The molecule has 6 aromatic rings. The third-order valence-corrected chi connectivity index (χ3v) is 13.2. The van der Waals surface area contributed by atoms with Gasteiger partial charge in [-0.05, 0) is 105 Å². The Morgan fingerprint density at radius 3 is 2.34 bits per heavy atom. The lowest BCUT2D eigenvalue weighted by Crippen LogP contribution is -2.47. The number of aromatic amines is 1. The molecule has 2 atom stereocenters. The Balaban J connectivity index is 0.750. The number of benzene rings is 2. The van der Waals surface area contributed by atoms with E-state index in [-0.39, 0.29) is 35.1 Å². The summed E-state index contributed by atoms with van der Waals surface area (Å²) < 4.78 is 5.25. The number of carbonyl (C=O) groups excluding carboxylic acids is 3. The summed E-state index contributed by atoms with van der Waals surface area (Å²) in [6, 6.07) is 20.6. The van der Waals surface area contributed by atoms with Crippen LogP contribution in [0.25, 0.3) is 33.5 Å². The lowest BCUT2D eigenvalue weighted by Gasteiger charge is -2.37. The number of pyridine rings is 1. The molecule has 7 heterocycles. The smallest absolute Gasteiger partial charge is 0.315 e. The minimum atomic E-state index is -0.409. The number of amides is 3. The number of rotatable bonds is 11. The molecule has 15 heteroatoms. The molecule has 3 saturated heterocycles. The van der Waals surface area contributed by atoms with Gasteiger partial charge in [0.25, 0.3) is 0 Å². The van der Waals surface area contributed by atoms with E-state index < -0.39 is 5.91 Å². The van der Waals surface area contributed by atoms with E-state index in [9.17, 15) is 14.4 Å². The van der Waals surface area contributed by atoms with Crippen molar-refractivity contribution < 1.29 is 18.9 Å². The minimum absolute atomic E-state index is 0.0482. The van der Waals surface area contributed by atoms with Crippen LogP contribution in [0.1, 0.15) is 105 Å². The van der Waals surface area contributed by atoms with Gasteiger partial charge in [0.2, 0.25) is 11.8 Å². The number of H-pyrrole nitrogens is 1. The maximum Gasteiger partial charge on any atom is 0.315 e. The van der Waals surface area contributed by atoms with E-state index in [2.05, 4.69) is 94.0 Å². The van der Waals surface area contributed by atoms with Crippen LogP contribution < -0.4 is 20.4 Å². The number of anilines is 2. The molecular weight excluding hydrogens is 807 g/mol. The van der Waals surface area contributed by atoms with Crippen LogP contribution in [0.4, 0.5) is 11.5 Å². The summed E-state index contributed by atoms with van der Waals surface area (Å²) in [6.45, 7) is 17.0. The van der Waals surface area contributed by atoms with Gasteiger partial charge in [0.15, 0.2) is 5.82 Å². The fourth-order valence-electron chi connectivity index (χ4n) is 9.30. The first kappa shape index (κ1) is 42.8. The van der Waals surface area contributed by atoms with Crippen LogP contribution >= 0.6 is 0 Å². The number of hydrogen-bond acceptors (Lipinski definition) is 12. The van der Waals surface area contributed by atoms with Crippen LogP contribution in [0.5, 0.6) is 0 Å². The number of aromatic nitrogens is 6. The van der Waals surface area contributed by atoms with Gasteiger partial charge in [0.05, 0.1) is 17.7 Å². The number of nitrogens with one attached hydrogen (secondary N) is 3. The summed E-state index contributed by atoms with van der Waals surface area (Å²) >= 11 is 0. The van der Waals surface area contributed by atoms with Crippen LogP contribution in [-0.4, -0.2) is 98.5 Å². The van der Waals surface area contributed by atoms with Gasteiger partial charge in [0, 0.05) is 85.2 Å². The summed E-state index contributed by atoms with van der Waals surface area (Å²) in [4.78, 5) is 66.2. The van der Waals surface area contributed by atoms with Crippen molar-refractivity contribution in [2.75, 3.05) is 55.6 Å². The van der Waals surface area contributed by atoms with Crippen molar-refractivity contribution in [3.63, 3.8) is 0 Å². The monoisotopic (exact) mass is 863 g/mol. The molecule has 3 aliphatic rings. The van der Waals surface area contributed by atoms with E-state index in [0.717, 1.165) is 108 Å². The van der Waals surface area contributed by atoms with Gasteiger partial charge in [-0.2, -0.15) is 4.98 Å². The zero-order valence-corrected chi connectivity index (χ0v) is 37.4. The van der Waals surface area contributed by atoms with Crippen LogP contribution in [-0.2, 0) is 15.0 Å². The molecule has 0 aliphatic carbocycles. The number of piperidine rings is 2. The molecule has 64 heavy (non-hydrogen) atoms. The van der Waals surface area contributed by atoms with Crippen molar-refractivity contribution in [2.24, 2.45) is 5.92 Å². The number of hydrogen-bond donors (Lipinski definition) is 3. The second-order valence-corrected chi connectivity index (χ2v) is 18.7. The lowest BCUT2D eigenvalue weighted by molar-refractivity contribution is -0.134. The Morgan fingerprint density at radius 1 is 0.891 bits per heavy atom. The predicted octanol–water partition coefficient (Wildman–Crippen LogP) is 7.12. The Labute approximate surface area is 373 Å². The molecule has 15 nitrogen and oxygen atoms in total. The second-order valence-electron chi connectivity index (χ2n) is 18.7. The van der Waals surface area contributed by atoms with Gasteiger partial charge >= 0.3 is 11.8 Å². The van der Waals surface area contributed by atoms with E-state index in [4.69, 9.17) is 14.5 Å². The molecular formula is C49H57N11O4. The van der Waals surface area contributed by atoms with Crippen LogP contribution in [0.15, 0.2) is 77.7 Å². The van der Waals surface area contributed by atoms with E-state index in [1.165, 1.54) is 24.9 Å². The SMILES string of the molecule is Cc1cc(-c2ncnc3[nH]c(-c4ccc(N5CCN(CCC6CCN(c7ccc([C@@H]8CCC(=O)NC8=O)cc7)CC6)CC5)nc4)cc23)ccc1[C@@H](C)NC(=O)c1nc(C(C)(C)C)no1. The third-order valence-electron chi connectivity index (χ3n) is 13.2. The number of imide groups is 1. The molecule has 9 rings (SSSR count). The first-order valence-corrected chi connectivity index (χ1v) is 22.6. The molecule has 4 aromatic heterocycles. The molecule has 3 fully saturated rings. The standard InChI is InChI=1S/C49H57N11O4/c1-30-26-34(8-12-37(30)31(2)53-46(63)47-56-48(57-64-47)49(3,4)5)43-39-27-40(54-44(39)52-29-51-43)35-9-14-41(50-28-35)60-24-22-58(23-25-60)19-16-32-17-20-59(21-18-32)36-10-6-33(7-11-36)38-13-15-42(61)55-45(38)62/h6-12,14,26-29,31-32,38H,13,15-25H2,1-5H3,(H,53,63)(H,51,52,54)(H,55,61,62)/t31-,38+/m1/s1. The Kier molecular flexibility index (Phi) is 12.0. The topological polar surface area (TPSA) is 178 Å². The molecule has 0 spiro atoms. The molecule has 0 unspecified atom stereocenters. The summed E-state index contributed by atoms with van der Waals surface area (Å²) in [6.07, 6.45) is 8.09. The fraction of sp³-hybridized carbons (Fsp3) is 0.429. The van der Waals surface area contributed by atoms with Crippen LogP contribution in [0.2, 0.25) is 0 Å². The Bertz CT molecular complexity index is 2630. The van der Waals surface area contributed by atoms with Crippen LogP contribution in [0.3, 0.4) is 0 Å². The molecule has 2 aromatic carbocycles. The average Bonchev–Trinajstić information content (AvgIpc) is 3.99. The van der Waals surface area contributed by atoms with E-state index in [1.54, 1.807) is 6.33 Å². The van der Waals surface area contributed by atoms with E-state index >= 15 is 0 Å². The maximum atomic E-state index is 12.9.